The molecule has 0 aromatic heterocycles. The zero-order valence-corrected chi connectivity index (χ0v) is 17.0. The van der Waals surface area contributed by atoms with Crippen molar-refractivity contribution in [2.24, 2.45) is 11.8 Å². The van der Waals surface area contributed by atoms with Crippen LogP contribution in [0.1, 0.15) is 85.0 Å². The van der Waals surface area contributed by atoms with Crippen molar-refractivity contribution in [2.45, 2.75) is 96.1 Å². The van der Waals surface area contributed by atoms with Crippen LogP contribution in [0.25, 0.3) is 0 Å². The Balaban J connectivity index is 2.39. The summed E-state index contributed by atoms with van der Waals surface area (Å²) in [4.78, 5) is 0. The third-order valence-corrected chi connectivity index (χ3v) is 10.5. The Hall–Kier alpha value is 0.0969. The zero-order chi connectivity index (χ0) is 16.9. The molecule has 136 valence electrons. The molecular formula is C19H38O3Si. The summed E-state index contributed by atoms with van der Waals surface area (Å²) in [7, 11) is 0.908. The van der Waals surface area contributed by atoms with Gasteiger partial charge in [-0.2, -0.15) is 0 Å². The van der Waals surface area contributed by atoms with E-state index in [0.29, 0.717) is 11.8 Å². The number of hydrogen-bond acceptors (Lipinski definition) is 3. The van der Waals surface area contributed by atoms with Gasteiger partial charge in [-0.1, -0.05) is 45.4 Å². The van der Waals surface area contributed by atoms with Crippen LogP contribution in [0.3, 0.4) is 0 Å². The fourth-order valence-electron chi connectivity index (χ4n) is 5.29. The number of hydrogen-bond donors (Lipinski definition) is 0. The molecule has 0 amide bonds. The summed E-state index contributed by atoms with van der Waals surface area (Å²) in [5.74, 6) is 1.37. The third-order valence-electron chi connectivity index (χ3n) is 6.49. The molecule has 0 aliphatic heterocycles. The second-order valence-electron chi connectivity index (χ2n) is 8.08. The van der Waals surface area contributed by atoms with Crippen molar-refractivity contribution in [1.29, 1.82) is 0 Å². The molecule has 0 spiro atoms. The van der Waals surface area contributed by atoms with Gasteiger partial charge in [0.2, 0.25) is 0 Å². The molecule has 0 radical (unpaired) electrons. The molecule has 4 heteroatoms. The molecule has 0 aromatic rings. The molecule has 0 saturated heterocycles. The van der Waals surface area contributed by atoms with Gasteiger partial charge in [0.25, 0.3) is 0 Å². The molecule has 0 bridgehead atoms. The Labute approximate surface area is 144 Å². The Morgan fingerprint density at radius 3 is 1.48 bits per heavy atom. The van der Waals surface area contributed by atoms with E-state index in [9.17, 15) is 0 Å². The summed E-state index contributed by atoms with van der Waals surface area (Å²) in [6.07, 6.45) is 13.6. The SMILES string of the molecule is CO[Si](OC)(OC(C)C)C(C)(C1CCCCC1)C1CCCCC1. The largest absolute Gasteiger partial charge is 0.507 e. The summed E-state index contributed by atoms with van der Waals surface area (Å²) in [6.45, 7) is 6.68. The molecule has 2 rings (SSSR count). The Bertz CT molecular complexity index is 325. The van der Waals surface area contributed by atoms with Crippen LogP contribution in [0, 0.1) is 11.8 Å². The predicted molar refractivity (Wildman–Crippen MR) is 97.5 cm³/mol. The van der Waals surface area contributed by atoms with E-state index in [2.05, 4.69) is 20.8 Å². The highest BCUT2D eigenvalue weighted by Gasteiger charge is 2.64. The molecule has 0 unspecified atom stereocenters. The average molecular weight is 343 g/mol. The molecule has 0 aromatic carbocycles. The fraction of sp³-hybridized carbons (Fsp3) is 1.00. The Morgan fingerprint density at radius 1 is 0.783 bits per heavy atom. The predicted octanol–water partition coefficient (Wildman–Crippen LogP) is 5.56. The van der Waals surface area contributed by atoms with E-state index in [1.54, 1.807) is 0 Å². The van der Waals surface area contributed by atoms with Crippen molar-refractivity contribution in [3.05, 3.63) is 0 Å². The minimum atomic E-state index is -2.73. The van der Waals surface area contributed by atoms with Gasteiger partial charge in [-0.15, -0.1) is 0 Å². The van der Waals surface area contributed by atoms with Crippen molar-refractivity contribution in [2.75, 3.05) is 14.2 Å². The van der Waals surface area contributed by atoms with Crippen LogP contribution < -0.4 is 0 Å². The van der Waals surface area contributed by atoms with Gasteiger partial charge < -0.3 is 13.3 Å². The molecule has 2 saturated carbocycles. The second-order valence-corrected chi connectivity index (χ2v) is 11.3. The van der Waals surface area contributed by atoms with Gasteiger partial charge in [-0.3, -0.25) is 0 Å². The highest BCUT2D eigenvalue weighted by molar-refractivity contribution is 6.64. The summed E-state index contributed by atoms with van der Waals surface area (Å²) in [5.41, 5.74) is 0. The first-order valence-corrected chi connectivity index (χ1v) is 11.5. The first-order valence-electron chi connectivity index (χ1n) is 9.78. The fourth-order valence-corrected chi connectivity index (χ4v) is 8.99. The standard InChI is InChI=1S/C19H38O3Si/c1-16(2)22-23(20-4,21-5)19(3,17-12-8-6-9-13-17)18-14-10-7-11-15-18/h16-18H,6-15H2,1-5H3. The monoisotopic (exact) mass is 342 g/mol. The summed E-state index contributed by atoms with van der Waals surface area (Å²) in [5, 5.41) is 0.0572. The van der Waals surface area contributed by atoms with Crippen LogP contribution in [-0.2, 0) is 13.3 Å². The van der Waals surface area contributed by atoms with Crippen molar-refractivity contribution >= 4 is 8.80 Å². The summed E-state index contributed by atoms with van der Waals surface area (Å²) in [6, 6.07) is 0. The minimum Gasteiger partial charge on any atom is -0.376 e. The number of rotatable bonds is 7. The molecular weight excluding hydrogens is 304 g/mol. The highest BCUT2D eigenvalue weighted by atomic mass is 28.4. The van der Waals surface area contributed by atoms with Crippen molar-refractivity contribution in [3.63, 3.8) is 0 Å². The zero-order valence-electron chi connectivity index (χ0n) is 16.0. The lowest BCUT2D eigenvalue weighted by molar-refractivity contribution is 0.00508. The maximum Gasteiger partial charge on any atom is 0.507 e. The maximum atomic E-state index is 6.50. The Kier molecular flexibility index (Phi) is 7.14. The van der Waals surface area contributed by atoms with Crippen LogP contribution in [0.15, 0.2) is 0 Å². The van der Waals surface area contributed by atoms with Gasteiger partial charge >= 0.3 is 8.80 Å². The Morgan fingerprint density at radius 2 is 1.17 bits per heavy atom. The van der Waals surface area contributed by atoms with Gasteiger partial charge in [-0.25, -0.2) is 0 Å². The van der Waals surface area contributed by atoms with Crippen LogP contribution in [0.4, 0.5) is 0 Å². The molecule has 23 heavy (non-hydrogen) atoms. The molecule has 2 aliphatic rings. The van der Waals surface area contributed by atoms with E-state index < -0.39 is 8.80 Å². The van der Waals surface area contributed by atoms with Gasteiger partial charge in [0.05, 0.1) is 0 Å². The van der Waals surface area contributed by atoms with Crippen LogP contribution in [-0.4, -0.2) is 29.1 Å². The summed E-state index contributed by atoms with van der Waals surface area (Å²) >= 11 is 0. The molecule has 0 N–H and O–H groups in total. The van der Waals surface area contributed by atoms with E-state index in [-0.39, 0.29) is 11.1 Å². The molecule has 0 atom stereocenters. The van der Waals surface area contributed by atoms with E-state index in [1.165, 1.54) is 64.2 Å². The van der Waals surface area contributed by atoms with Crippen LogP contribution in [0.2, 0.25) is 5.04 Å². The lowest BCUT2D eigenvalue weighted by atomic mass is 9.69. The van der Waals surface area contributed by atoms with E-state index in [1.807, 2.05) is 14.2 Å². The second kappa shape index (κ2) is 8.46. The smallest absolute Gasteiger partial charge is 0.376 e. The van der Waals surface area contributed by atoms with Crippen LogP contribution in [0.5, 0.6) is 0 Å². The van der Waals surface area contributed by atoms with E-state index >= 15 is 0 Å². The average Bonchev–Trinajstić information content (AvgIpc) is 2.60. The topological polar surface area (TPSA) is 27.7 Å². The van der Waals surface area contributed by atoms with Crippen molar-refractivity contribution < 1.29 is 13.3 Å². The minimum absolute atomic E-state index is 0.0572. The van der Waals surface area contributed by atoms with Crippen molar-refractivity contribution in [1.82, 2.24) is 0 Å². The first kappa shape index (κ1) is 19.4. The van der Waals surface area contributed by atoms with E-state index in [0.717, 1.165) is 0 Å². The summed E-state index contributed by atoms with van der Waals surface area (Å²) < 4.78 is 18.8. The van der Waals surface area contributed by atoms with Gasteiger partial charge in [0.15, 0.2) is 0 Å². The maximum absolute atomic E-state index is 6.50. The normalized spacial score (nSPS) is 22.7. The third kappa shape index (κ3) is 3.86. The highest BCUT2D eigenvalue weighted by Crippen LogP contribution is 2.60. The van der Waals surface area contributed by atoms with Crippen molar-refractivity contribution in [3.8, 4) is 0 Å². The lowest BCUT2D eigenvalue weighted by Gasteiger charge is -2.53. The van der Waals surface area contributed by atoms with Gasteiger partial charge in [0, 0.05) is 25.4 Å². The lowest BCUT2D eigenvalue weighted by Crippen LogP contribution is -2.61. The van der Waals surface area contributed by atoms with Gasteiger partial charge in [0.1, 0.15) is 0 Å². The van der Waals surface area contributed by atoms with E-state index in [4.69, 9.17) is 13.3 Å². The quantitative estimate of drug-likeness (QED) is 0.567. The van der Waals surface area contributed by atoms with Crippen LogP contribution >= 0.6 is 0 Å². The molecule has 0 heterocycles. The van der Waals surface area contributed by atoms with Gasteiger partial charge in [-0.05, 0) is 51.4 Å². The molecule has 2 fully saturated rings. The molecule has 3 nitrogen and oxygen atoms in total. The molecule has 2 aliphatic carbocycles. The first-order chi connectivity index (χ1) is 11.0.